The smallest absolute Gasteiger partial charge is 0.161 e. The molecule has 0 bridgehead atoms. The SMILES string of the molecule is N#Cc1ccc(N2CCN(C3CC3)CC2)c(F)c1Br. The van der Waals surface area contributed by atoms with Gasteiger partial charge < -0.3 is 4.90 Å². The summed E-state index contributed by atoms with van der Waals surface area (Å²) in [5, 5.41) is 8.88. The van der Waals surface area contributed by atoms with E-state index in [1.807, 2.05) is 6.07 Å². The maximum absolute atomic E-state index is 14.2. The molecule has 2 fully saturated rings. The normalized spacial score (nSPS) is 20.4. The fraction of sp³-hybridized carbons (Fsp3) is 0.500. The van der Waals surface area contributed by atoms with Crippen molar-refractivity contribution in [1.82, 2.24) is 4.90 Å². The lowest BCUT2D eigenvalue weighted by Crippen LogP contribution is -2.47. The summed E-state index contributed by atoms with van der Waals surface area (Å²) in [6.45, 7) is 3.71. The Morgan fingerprint density at radius 1 is 1.21 bits per heavy atom. The van der Waals surface area contributed by atoms with Gasteiger partial charge in [0.1, 0.15) is 6.07 Å². The van der Waals surface area contributed by atoms with Gasteiger partial charge >= 0.3 is 0 Å². The van der Waals surface area contributed by atoms with Crippen molar-refractivity contribution in [2.75, 3.05) is 31.1 Å². The lowest BCUT2D eigenvalue weighted by atomic mass is 10.2. The first-order chi connectivity index (χ1) is 9.20. The zero-order chi connectivity index (χ0) is 13.4. The number of nitriles is 1. The molecule has 2 aliphatic rings. The van der Waals surface area contributed by atoms with Crippen LogP contribution in [0.5, 0.6) is 0 Å². The van der Waals surface area contributed by atoms with Crippen LogP contribution in [0.2, 0.25) is 0 Å². The predicted molar refractivity (Wildman–Crippen MR) is 75.6 cm³/mol. The third-order valence-corrected chi connectivity index (χ3v) is 4.68. The summed E-state index contributed by atoms with van der Waals surface area (Å²) in [4.78, 5) is 4.56. The Bertz CT molecular complexity index is 528. The fourth-order valence-corrected chi connectivity index (χ4v) is 3.06. The van der Waals surface area contributed by atoms with Gasteiger partial charge in [0.05, 0.1) is 15.7 Å². The molecule has 5 heteroatoms. The number of nitrogens with zero attached hydrogens (tertiary/aromatic N) is 3. The van der Waals surface area contributed by atoms with Crippen molar-refractivity contribution in [2.45, 2.75) is 18.9 Å². The van der Waals surface area contributed by atoms with Crippen molar-refractivity contribution in [3.63, 3.8) is 0 Å². The Balaban J connectivity index is 1.76. The summed E-state index contributed by atoms with van der Waals surface area (Å²) >= 11 is 3.17. The van der Waals surface area contributed by atoms with E-state index in [2.05, 4.69) is 25.7 Å². The van der Waals surface area contributed by atoms with Gasteiger partial charge in [-0.1, -0.05) is 0 Å². The van der Waals surface area contributed by atoms with Crippen molar-refractivity contribution >= 4 is 21.6 Å². The van der Waals surface area contributed by atoms with Crippen LogP contribution in [0.3, 0.4) is 0 Å². The molecule has 3 rings (SSSR count). The van der Waals surface area contributed by atoms with E-state index < -0.39 is 0 Å². The van der Waals surface area contributed by atoms with E-state index in [1.54, 1.807) is 12.1 Å². The highest BCUT2D eigenvalue weighted by molar-refractivity contribution is 9.10. The van der Waals surface area contributed by atoms with Gasteiger partial charge in [-0.15, -0.1) is 0 Å². The van der Waals surface area contributed by atoms with Gasteiger partial charge in [-0.05, 0) is 40.9 Å². The maximum Gasteiger partial charge on any atom is 0.161 e. The number of piperazine rings is 1. The van der Waals surface area contributed by atoms with Gasteiger partial charge in [-0.3, -0.25) is 4.90 Å². The first kappa shape index (κ1) is 12.9. The molecular formula is C14H15BrFN3. The zero-order valence-corrected chi connectivity index (χ0v) is 12.2. The second-order valence-corrected chi connectivity index (χ2v) is 5.92. The Labute approximate surface area is 120 Å². The van der Waals surface area contributed by atoms with Crippen molar-refractivity contribution in [2.24, 2.45) is 0 Å². The Kier molecular flexibility index (Phi) is 3.46. The predicted octanol–water partition coefficient (Wildman–Crippen LogP) is 2.74. The molecule has 0 atom stereocenters. The van der Waals surface area contributed by atoms with E-state index in [-0.39, 0.29) is 10.3 Å². The van der Waals surface area contributed by atoms with Gasteiger partial charge in [-0.2, -0.15) is 5.26 Å². The zero-order valence-electron chi connectivity index (χ0n) is 10.6. The molecule has 1 aliphatic carbocycles. The van der Waals surface area contributed by atoms with Crippen LogP contribution in [0.4, 0.5) is 10.1 Å². The van der Waals surface area contributed by atoms with Crippen molar-refractivity contribution in [1.29, 1.82) is 5.26 Å². The largest absolute Gasteiger partial charge is 0.367 e. The Morgan fingerprint density at radius 3 is 2.47 bits per heavy atom. The summed E-state index contributed by atoms with van der Waals surface area (Å²) in [5.74, 6) is -0.320. The van der Waals surface area contributed by atoms with E-state index in [9.17, 15) is 4.39 Å². The molecule has 1 aliphatic heterocycles. The lowest BCUT2D eigenvalue weighted by molar-refractivity contribution is 0.247. The van der Waals surface area contributed by atoms with E-state index >= 15 is 0 Å². The fourth-order valence-electron chi connectivity index (χ4n) is 2.64. The van der Waals surface area contributed by atoms with Gasteiger partial charge in [0.2, 0.25) is 0 Å². The molecule has 19 heavy (non-hydrogen) atoms. The molecule has 1 aromatic carbocycles. The first-order valence-electron chi connectivity index (χ1n) is 6.58. The molecule has 3 nitrogen and oxygen atoms in total. The summed E-state index contributed by atoms with van der Waals surface area (Å²) in [6.07, 6.45) is 2.63. The minimum atomic E-state index is -0.320. The van der Waals surface area contributed by atoms with Crippen molar-refractivity contribution in [3.8, 4) is 6.07 Å². The summed E-state index contributed by atoms with van der Waals surface area (Å²) in [7, 11) is 0. The van der Waals surface area contributed by atoms with Crippen LogP contribution in [-0.2, 0) is 0 Å². The van der Waals surface area contributed by atoms with Crippen molar-refractivity contribution < 1.29 is 4.39 Å². The lowest BCUT2D eigenvalue weighted by Gasteiger charge is -2.36. The molecule has 0 spiro atoms. The van der Waals surface area contributed by atoms with Crippen LogP contribution in [0.25, 0.3) is 0 Å². The number of halogens is 2. The van der Waals surface area contributed by atoms with Crippen LogP contribution >= 0.6 is 15.9 Å². The first-order valence-corrected chi connectivity index (χ1v) is 7.37. The van der Waals surface area contributed by atoms with Crippen LogP contribution < -0.4 is 4.90 Å². The molecule has 0 unspecified atom stereocenters. The number of rotatable bonds is 2. The average molecular weight is 324 g/mol. The topological polar surface area (TPSA) is 30.3 Å². The van der Waals surface area contributed by atoms with Gasteiger partial charge in [0, 0.05) is 32.2 Å². The second kappa shape index (κ2) is 5.10. The summed E-state index contributed by atoms with van der Waals surface area (Å²) in [5.41, 5.74) is 0.944. The number of hydrogen-bond acceptors (Lipinski definition) is 3. The minimum absolute atomic E-state index is 0.275. The summed E-state index contributed by atoms with van der Waals surface area (Å²) < 4.78 is 14.5. The van der Waals surface area contributed by atoms with Gasteiger partial charge in [-0.25, -0.2) is 4.39 Å². The van der Waals surface area contributed by atoms with E-state index in [1.165, 1.54) is 12.8 Å². The molecule has 1 aromatic rings. The van der Waals surface area contributed by atoms with Crippen molar-refractivity contribution in [3.05, 3.63) is 28.0 Å². The van der Waals surface area contributed by atoms with E-state index in [0.29, 0.717) is 11.3 Å². The van der Waals surface area contributed by atoms with Gasteiger partial charge in [0.15, 0.2) is 5.82 Å². The third-order valence-electron chi connectivity index (χ3n) is 3.90. The van der Waals surface area contributed by atoms with E-state index in [0.717, 1.165) is 32.2 Å². The molecule has 0 radical (unpaired) electrons. The molecule has 1 heterocycles. The minimum Gasteiger partial charge on any atom is -0.367 e. The molecule has 1 saturated carbocycles. The molecule has 100 valence electrons. The van der Waals surface area contributed by atoms with E-state index in [4.69, 9.17) is 5.26 Å². The van der Waals surface area contributed by atoms with Crippen LogP contribution in [0, 0.1) is 17.1 Å². The molecule has 1 saturated heterocycles. The molecule has 0 N–H and O–H groups in total. The quantitative estimate of drug-likeness (QED) is 0.838. The third kappa shape index (κ3) is 2.47. The van der Waals surface area contributed by atoms with Crippen LogP contribution in [0.15, 0.2) is 16.6 Å². The van der Waals surface area contributed by atoms with Crippen LogP contribution in [0.1, 0.15) is 18.4 Å². The molecular weight excluding hydrogens is 309 g/mol. The average Bonchev–Trinajstić information content (AvgIpc) is 3.27. The highest BCUT2D eigenvalue weighted by Crippen LogP contribution is 2.32. The molecule has 0 aromatic heterocycles. The second-order valence-electron chi connectivity index (χ2n) is 5.13. The highest BCUT2D eigenvalue weighted by atomic mass is 79.9. The number of benzene rings is 1. The van der Waals surface area contributed by atoms with Gasteiger partial charge in [0.25, 0.3) is 0 Å². The summed E-state index contributed by atoms with van der Waals surface area (Å²) in [6, 6.07) is 6.15. The maximum atomic E-state index is 14.2. The Morgan fingerprint density at radius 2 is 1.89 bits per heavy atom. The van der Waals surface area contributed by atoms with Crippen LogP contribution in [-0.4, -0.2) is 37.1 Å². The molecule has 0 amide bonds. The monoisotopic (exact) mass is 323 g/mol. The number of anilines is 1. The Hall–Kier alpha value is -1.12. The number of hydrogen-bond donors (Lipinski definition) is 0. The standard InChI is InChI=1S/C14H15BrFN3/c15-13-10(9-17)1-4-12(14(13)16)19-7-5-18(6-8-19)11-2-3-11/h1,4,11H,2-3,5-8H2. The highest BCUT2D eigenvalue weighted by Gasteiger charge is 2.31.